The molecule has 2 aromatic carbocycles. The Morgan fingerprint density at radius 2 is 1.71 bits per heavy atom. The number of carbonyl (C=O) groups excluding carboxylic acids is 2. The Bertz CT molecular complexity index is 875. The van der Waals surface area contributed by atoms with Gasteiger partial charge in [0, 0.05) is 49.0 Å². The zero-order valence-electron chi connectivity index (χ0n) is 16.3. The van der Waals surface area contributed by atoms with Crippen LogP contribution in [0.5, 0.6) is 5.75 Å². The summed E-state index contributed by atoms with van der Waals surface area (Å²) in [5, 5.41) is 2.93. The fraction of sp³-hybridized carbons (Fsp3) is 0.333. The largest absolute Gasteiger partial charge is 0.496 e. The van der Waals surface area contributed by atoms with Gasteiger partial charge in [-0.05, 0) is 48.9 Å². The molecule has 0 spiro atoms. The van der Waals surface area contributed by atoms with Crippen LogP contribution >= 0.6 is 15.9 Å². The van der Waals surface area contributed by atoms with Crippen molar-refractivity contribution in [3.05, 3.63) is 52.0 Å². The first-order chi connectivity index (χ1) is 13.4. The van der Waals surface area contributed by atoms with Crippen molar-refractivity contribution in [2.24, 2.45) is 0 Å². The molecule has 1 fully saturated rings. The van der Waals surface area contributed by atoms with Crippen molar-refractivity contribution < 1.29 is 14.3 Å². The van der Waals surface area contributed by atoms with Crippen LogP contribution in [0.25, 0.3) is 0 Å². The van der Waals surface area contributed by atoms with Crippen LogP contribution in [-0.2, 0) is 4.79 Å². The quantitative estimate of drug-likeness (QED) is 0.779. The second-order valence-electron chi connectivity index (χ2n) is 6.80. The van der Waals surface area contributed by atoms with Gasteiger partial charge in [0.05, 0.1) is 12.7 Å². The third-order valence-electron chi connectivity index (χ3n) is 4.90. The van der Waals surface area contributed by atoms with E-state index in [1.165, 1.54) is 0 Å². The van der Waals surface area contributed by atoms with Gasteiger partial charge in [-0.25, -0.2) is 0 Å². The number of rotatable bonds is 4. The van der Waals surface area contributed by atoms with Gasteiger partial charge in [-0.15, -0.1) is 0 Å². The van der Waals surface area contributed by atoms with E-state index < -0.39 is 0 Å². The molecular weight excluding hydrogens is 422 g/mol. The summed E-state index contributed by atoms with van der Waals surface area (Å²) in [5.41, 5.74) is 3.17. The van der Waals surface area contributed by atoms with Crippen LogP contribution in [0.1, 0.15) is 22.8 Å². The number of carbonyl (C=O) groups is 2. The molecular formula is C21H24BrN3O3. The third-order valence-corrected chi connectivity index (χ3v) is 5.36. The van der Waals surface area contributed by atoms with Gasteiger partial charge in [-0.3, -0.25) is 9.59 Å². The number of methoxy groups -OCH3 is 1. The molecule has 6 nitrogen and oxygen atoms in total. The van der Waals surface area contributed by atoms with Crippen LogP contribution in [0.4, 0.5) is 11.4 Å². The van der Waals surface area contributed by atoms with Crippen LogP contribution in [0.3, 0.4) is 0 Å². The van der Waals surface area contributed by atoms with Crippen molar-refractivity contribution in [3.8, 4) is 5.75 Å². The first-order valence-electron chi connectivity index (χ1n) is 9.15. The molecule has 1 N–H and O–H groups in total. The zero-order chi connectivity index (χ0) is 20.3. The predicted molar refractivity (Wildman–Crippen MR) is 114 cm³/mol. The van der Waals surface area contributed by atoms with E-state index in [0.717, 1.165) is 47.6 Å². The first-order valence-corrected chi connectivity index (χ1v) is 9.94. The summed E-state index contributed by atoms with van der Waals surface area (Å²) in [6, 6.07) is 11.4. The van der Waals surface area contributed by atoms with Crippen LogP contribution < -0.4 is 15.0 Å². The lowest BCUT2D eigenvalue weighted by Crippen LogP contribution is -2.48. The Morgan fingerprint density at radius 1 is 1.07 bits per heavy atom. The van der Waals surface area contributed by atoms with E-state index in [0.29, 0.717) is 11.3 Å². The maximum Gasteiger partial charge on any atom is 0.259 e. The number of nitrogens with one attached hydrogen (secondary N) is 1. The van der Waals surface area contributed by atoms with Gasteiger partial charge < -0.3 is 19.9 Å². The summed E-state index contributed by atoms with van der Waals surface area (Å²) in [7, 11) is 1.56. The average Bonchev–Trinajstić information content (AvgIpc) is 2.68. The third kappa shape index (κ3) is 4.47. The monoisotopic (exact) mass is 445 g/mol. The number of aryl methyl sites for hydroxylation is 1. The molecule has 0 aliphatic carbocycles. The minimum atomic E-state index is -0.218. The minimum absolute atomic E-state index is 0.121. The second-order valence-corrected chi connectivity index (χ2v) is 7.71. The Kier molecular flexibility index (Phi) is 6.24. The van der Waals surface area contributed by atoms with E-state index >= 15 is 0 Å². The lowest BCUT2D eigenvalue weighted by molar-refractivity contribution is -0.129. The summed E-state index contributed by atoms with van der Waals surface area (Å²) in [6.45, 7) is 6.58. The molecule has 0 atom stereocenters. The van der Waals surface area contributed by atoms with E-state index in [1.807, 2.05) is 42.2 Å². The van der Waals surface area contributed by atoms with Crippen molar-refractivity contribution in [1.29, 1.82) is 0 Å². The molecule has 2 aromatic rings. The first kappa shape index (κ1) is 20.2. The van der Waals surface area contributed by atoms with Gasteiger partial charge in [0.2, 0.25) is 5.91 Å². The molecule has 1 aliphatic rings. The molecule has 0 unspecified atom stereocenters. The molecule has 1 aliphatic heterocycles. The van der Waals surface area contributed by atoms with Gasteiger partial charge in [-0.2, -0.15) is 0 Å². The number of hydrogen-bond acceptors (Lipinski definition) is 4. The number of benzene rings is 2. The molecule has 0 bridgehead atoms. The molecule has 28 heavy (non-hydrogen) atoms. The summed E-state index contributed by atoms with van der Waals surface area (Å²) in [6.07, 6.45) is 0. The van der Waals surface area contributed by atoms with Gasteiger partial charge >= 0.3 is 0 Å². The van der Waals surface area contributed by atoms with Crippen LogP contribution in [0.15, 0.2) is 40.9 Å². The Morgan fingerprint density at radius 3 is 2.29 bits per heavy atom. The molecule has 3 rings (SSSR count). The normalized spacial score (nSPS) is 14.0. The summed E-state index contributed by atoms with van der Waals surface area (Å²) in [5.74, 6) is 0.473. The van der Waals surface area contributed by atoms with Crippen LogP contribution in [0.2, 0.25) is 0 Å². The van der Waals surface area contributed by atoms with E-state index in [4.69, 9.17) is 4.74 Å². The SMILES string of the molecule is COc1c(C)cc(Br)cc1C(=O)Nc1ccc(N2CCN(C(C)=O)CC2)cc1. The summed E-state index contributed by atoms with van der Waals surface area (Å²) >= 11 is 3.43. The van der Waals surface area contributed by atoms with Crippen molar-refractivity contribution in [2.75, 3.05) is 43.5 Å². The van der Waals surface area contributed by atoms with Crippen LogP contribution in [0, 0.1) is 6.92 Å². The molecule has 1 heterocycles. The Labute approximate surface area is 173 Å². The predicted octanol–water partition coefficient (Wildman–Crippen LogP) is 3.69. The highest BCUT2D eigenvalue weighted by Crippen LogP contribution is 2.29. The van der Waals surface area contributed by atoms with E-state index in [9.17, 15) is 9.59 Å². The second kappa shape index (κ2) is 8.65. The average molecular weight is 446 g/mol. The fourth-order valence-electron chi connectivity index (χ4n) is 3.40. The zero-order valence-corrected chi connectivity index (χ0v) is 17.9. The highest BCUT2D eigenvalue weighted by atomic mass is 79.9. The topological polar surface area (TPSA) is 61.9 Å². The lowest BCUT2D eigenvalue weighted by Gasteiger charge is -2.35. The lowest BCUT2D eigenvalue weighted by atomic mass is 10.1. The molecule has 7 heteroatoms. The summed E-state index contributed by atoms with van der Waals surface area (Å²) in [4.78, 5) is 28.3. The van der Waals surface area contributed by atoms with E-state index in [2.05, 4.69) is 26.1 Å². The van der Waals surface area contributed by atoms with Crippen molar-refractivity contribution >= 4 is 39.1 Å². The number of halogens is 1. The van der Waals surface area contributed by atoms with E-state index in [-0.39, 0.29) is 11.8 Å². The highest BCUT2D eigenvalue weighted by Gasteiger charge is 2.19. The number of hydrogen-bond donors (Lipinski definition) is 1. The molecule has 0 aromatic heterocycles. The molecule has 1 saturated heterocycles. The van der Waals surface area contributed by atoms with Crippen LogP contribution in [-0.4, -0.2) is 50.0 Å². The Balaban J connectivity index is 1.68. The smallest absolute Gasteiger partial charge is 0.259 e. The number of anilines is 2. The van der Waals surface area contributed by atoms with Gasteiger partial charge in [-0.1, -0.05) is 15.9 Å². The summed E-state index contributed by atoms with van der Waals surface area (Å²) < 4.78 is 6.23. The number of ether oxygens (including phenoxy) is 1. The fourth-order valence-corrected chi connectivity index (χ4v) is 3.98. The number of piperazine rings is 1. The van der Waals surface area contributed by atoms with Gasteiger partial charge in [0.25, 0.3) is 5.91 Å². The Hall–Kier alpha value is -2.54. The van der Waals surface area contributed by atoms with Crippen molar-refractivity contribution in [1.82, 2.24) is 4.90 Å². The molecule has 0 radical (unpaired) electrons. The van der Waals surface area contributed by atoms with Gasteiger partial charge in [0.1, 0.15) is 5.75 Å². The van der Waals surface area contributed by atoms with Gasteiger partial charge in [0.15, 0.2) is 0 Å². The molecule has 2 amide bonds. The van der Waals surface area contributed by atoms with Crippen molar-refractivity contribution in [2.45, 2.75) is 13.8 Å². The maximum atomic E-state index is 12.7. The standard InChI is InChI=1S/C21H24BrN3O3/c1-14-12-16(22)13-19(20(14)28-3)21(27)23-17-4-6-18(7-5-17)25-10-8-24(9-11-25)15(2)26/h4-7,12-13H,8-11H2,1-3H3,(H,23,27). The van der Waals surface area contributed by atoms with E-state index in [1.54, 1.807) is 20.1 Å². The highest BCUT2D eigenvalue weighted by molar-refractivity contribution is 9.10. The molecule has 148 valence electrons. The minimum Gasteiger partial charge on any atom is -0.496 e. The maximum absolute atomic E-state index is 12.7. The number of nitrogens with zero attached hydrogens (tertiary/aromatic N) is 2. The van der Waals surface area contributed by atoms with Crippen molar-refractivity contribution in [3.63, 3.8) is 0 Å². The number of amides is 2. The molecule has 0 saturated carbocycles.